The summed E-state index contributed by atoms with van der Waals surface area (Å²) < 4.78 is 4.93. The third kappa shape index (κ3) is 5.47. The van der Waals surface area contributed by atoms with Gasteiger partial charge in [-0.15, -0.1) is 0 Å². The lowest BCUT2D eigenvalue weighted by molar-refractivity contribution is -0.137. The first-order chi connectivity index (χ1) is 11.3. The van der Waals surface area contributed by atoms with Gasteiger partial charge in [0.05, 0.1) is 29.3 Å². The number of aromatic nitrogens is 1. The van der Waals surface area contributed by atoms with Crippen molar-refractivity contribution >= 4 is 41.1 Å². The number of aliphatic hydroxyl groups is 2. The first kappa shape index (κ1) is 20.4. The number of ether oxygens (including phenoxy) is 1. The Bertz CT molecular complexity index is 645. The third-order valence-electron chi connectivity index (χ3n) is 3.13. The highest BCUT2D eigenvalue weighted by Crippen LogP contribution is 2.25. The molecule has 0 bridgehead atoms. The molecule has 0 fully saturated rings. The summed E-state index contributed by atoms with van der Waals surface area (Å²) >= 11 is 11.8. The number of nitrogens with zero attached hydrogens (tertiary/aromatic N) is 2. The number of aliphatic hydroxyl groups excluding tert-OH is 2. The Morgan fingerprint density at radius 2 is 2.12 bits per heavy atom. The summed E-state index contributed by atoms with van der Waals surface area (Å²) in [5.41, 5.74) is -0.215. The van der Waals surface area contributed by atoms with Crippen molar-refractivity contribution in [3.63, 3.8) is 0 Å². The van der Waals surface area contributed by atoms with Gasteiger partial charge in [-0.3, -0.25) is 4.99 Å². The molecule has 2 N–H and O–H groups in total. The number of esters is 1. The number of hydrogen-bond acceptors (Lipinski definition) is 6. The number of hydrogen-bond donors (Lipinski definition) is 2. The van der Waals surface area contributed by atoms with E-state index < -0.39 is 17.8 Å². The molecular formula is C16H20Cl2N2O4. The SMILES string of the molecule is CCOC(=O)C(C=N[C@H](CO)C(C)C)=C(O)c1ncc(Cl)cc1Cl. The minimum absolute atomic E-state index is 0.0133. The molecule has 1 aromatic heterocycles. The molecule has 0 spiro atoms. The summed E-state index contributed by atoms with van der Waals surface area (Å²) in [4.78, 5) is 20.2. The number of carbonyl (C=O) groups is 1. The van der Waals surface area contributed by atoms with Gasteiger partial charge in [0.2, 0.25) is 0 Å². The number of aliphatic imine (C=N–C) groups is 1. The second-order valence-corrected chi connectivity index (χ2v) is 6.08. The molecular weight excluding hydrogens is 355 g/mol. The molecule has 0 saturated carbocycles. The lowest BCUT2D eigenvalue weighted by atomic mass is 10.1. The van der Waals surface area contributed by atoms with Crippen LogP contribution >= 0.6 is 23.2 Å². The van der Waals surface area contributed by atoms with Crippen LogP contribution in [-0.2, 0) is 9.53 Å². The molecule has 1 rings (SSSR count). The van der Waals surface area contributed by atoms with Crippen molar-refractivity contribution in [3.05, 3.63) is 33.6 Å². The van der Waals surface area contributed by atoms with Crippen molar-refractivity contribution in [3.8, 4) is 0 Å². The summed E-state index contributed by atoms with van der Waals surface area (Å²) in [5, 5.41) is 20.1. The van der Waals surface area contributed by atoms with Crippen molar-refractivity contribution in [2.75, 3.05) is 13.2 Å². The van der Waals surface area contributed by atoms with Gasteiger partial charge in [-0.25, -0.2) is 9.78 Å². The van der Waals surface area contributed by atoms with E-state index in [1.54, 1.807) is 6.92 Å². The predicted octanol–water partition coefficient (Wildman–Crippen LogP) is 3.31. The summed E-state index contributed by atoms with van der Waals surface area (Å²) in [6, 6.07) is 0.975. The van der Waals surface area contributed by atoms with E-state index in [4.69, 9.17) is 27.9 Å². The van der Waals surface area contributed by atoms with Crippen molar-refractivity contribution in [2.45, 2.75) is 26.8 Å². The Balaban J connectivity index is 3.35. The quantitative estimate of drug-likeness (QED) is 0.330. The Labute approximate surface area is 150 Å². The predicted molar refractivity (Wildman–Crippen MR) is 94.6 cm³/mol. The largest absolute Gasteiger partial charge is 0.505 e. The minimum atomic E-state index is -0.771. The summed E-state index contributed by atoms with van der Waals surface area (Å²) in [6.07, 6.45) is 2.46. The molecule has 0 aliphatic rings. The highest BCUT2D eigenvalue weighted by molar-refractivity contribution is 6.35. The van der Waals surface area contributed by atoms with Crippen LogP contribution in [0.4, 0.5) is 0 Å². The molecule has 8 heteroatoms. The molecule has 6 nitrogen and oxygen atoms in total. The van der Waals surface area contributed by atoms with Crippen molar-refractivity contribution in [1.29, 1.82) is 0 Å². The molecule has 1 aromatic rings. The number of carbonyl (C=O) groups excluding carboxylic acids is 1. The Morgan fingerprint density at radius 3 is 2.62 bits per heavy atom. The van der Waals surface area contributed by atoms with Gasteiger partial charge >= 0.3 is 5.97 Å². The highest BCUT2D eigenvalue weighted by Gasteiger charge is 2.20. The zero-order valence-corrected chi connectivity index (χ0v) is 15.2. The van der Waals surface area contributed by atoms with Crippen LogP contribution in [0, 0.1) is 5.92 Å². The van der Waals surface area contributed by atoms with Crippen LogP contribution in [0.2, 0.25) is 10.0 Å². The van der Waals surface area contributed by atoms with Crippen molar-refractivity contribution in [1.82, 2.24) is 4.98 Å². The molecule has 0 aliphatic carbocycles. The van der Waals surface area contributed by atoms with Gasteiger partial charge in [0.15, 0.2) is 5.76 Å². The van der Waals surface area contributed by atoms with E-state index >= 15 is 0 Å². The van der Waals surface area contributed by atoms with Gasteiger partial charge in [0, 0.05) is 12.4 Å². The molecule has 0 saturated heterocycles. The number of pyridine rings is 1. The van der Waals surface area contributed by atoms with Crippen molar-refractivity contribution in [2.24, 2.45) is 10.9 Å². The molecule has 132 valence electrons. The van der Waals surface area contributed by atoms with E-state index in [0.717, 1.165) is 0 Å². The van der Waals surface area contributed by atoms with Gasteiger partial charge in [-0.1, -0.05) is 37.0 Å². The van der Waals surface area contributed by atoms with Crippen LogP contribution in [-0.4, -0.2) is 46.6 Å². The molecule has 0 aromatic carbocycles. The first-order valence-electron chi connectivity index (χ1n) is 7.37. The minimum Gasteiger partial charge on any atom is -0.505 e. The fourth-order valence-electron chi connectivity index (χ4n) is 1.74. The van der Waals surface area contributed by atoms with Crippen LogP contribution in [0.3, 0.4) is 0 Å². The Kier molecular flexibility index (Phi) is 8.18. The Morgan fingerprint density at radius 1 is 1.46 bits per heavy atom. The van der Waals surface area contributed by atoms with E-state index in [1.165, 1.54) is 18.5 Å². The molecule has 1 heterocycles. The molecule has 1 atom stereocenters. The lowest BCUT2D eigenvalue weighted by Crippen LogP contribution is -2.19. The van der Waals surface area contributed by atoms with E-state index in [2.05, 4.69) is 9.98 Å². The van der Waals surface area contributed by atoms with Gasteiger partial charge in [0.1, 0.15) is 11.3 Å². The second kappa shape index (κ2) is 9.61. The maximum absolute atomic E-state index is 12.1. The third-order valence-corrected chi connectivity index (χ3v) is 3.63. The second-order valence-electron chi connectivity index (χ2n) is 5.24. The van der Waals surface area contributed by atoms with Crippen LogP contribution in [0.5, 0.6) is 0 Å². The topological polar surface area (TPSA) is 92.0 Å². The Hall–Kier alpha value is -1.63. The van der Waals surface area contributed by atoms with E-state index in [-0.39, 0.29) is 35.4 Å². The summed E-state index contributed by atoms with van der Waals surface area (Å²) in [6.45, 7) is 5.33. The molecule has 0 unspecified atom stereocenters. The number of rotatable bonds is 7. The van der Waals surface area contributed by atoms with Crippen LogP contribution in [0.25, 0.3) is 5.76 Å². The summed E-state index contributed by atoms with van der Waals surface area (Å²) in [7, 11) is 0. The molecule has 0 aliphatic heterocycles. The van der Waals surface area contributed by atoms with Gasteiger partial charge < -0.3 is 14.9 Å². The smallest absolute Gasteiger partial charge is 0.343 e. The van der Waals surface area contributed by atoms with Crippen molar-refractivity contribution < 1.29 is 19.7 Å². The molecule has 24 heavy (non-hydrogen) atoms. The zero-order chi connectivity index (χ0) is 18.3. The van der Waals surface area contributed by atoms with Gasteiger partial charge in [-0.2, -0.15) is 0 Å². The van der Waals surface area contributed by atoms with Crippen LogP contribution in [0.1, 0.15) is 26.5 Å². The standard InChI is InChI=1S/C16H20Cl2N2O4/c1-4-24-16(23)11(7-19-13(8-21)9(2)3)15(22)14-12(18)5-10(17)6-20-14/h5-7,9,13,21-22H,4,8H2,1-3H3/t13-/m1/s1. The van der Waals surface area contributed by atoms with E-state index in [0.29, 0.717) is 5.02 Å². The van der Waals surface area contributed by atoms with Gasteiger partial charge in [-0.05, 0) is 18.9 Å². The maximum Gasteiger partial charge on any atom is 0.343 e. The first-order valence-corrected chi connectivity index (χ1v) is 8.13. The van der Waals surface area contributed by atoms with Crippen LogP contribution < -0.4 is 0 Å². The summed E-state index contributed by atoms with van der Waals surface area (Å²) in [5.74, 6) is -1.19. The van der Waals surface area contributed by atoms with E-state index in [9.17, 15) is 15.0 Å². The van der Waals surface area contributed by atoms with E-state index in [1.807, 2.05) is 13.8 Å². The average Bonchev–Trinajstić information content (AvgIpc) is 2.50. The average molecular weight is 375 g/mol. The maximum atomic E-state index is 12.1. The fraction of sp³-hybridized carbons (Fsp3) is 0.438. The molecule has 0 radical (unpaired) electrons. The van der Waals surface area contributed by atoms with Crippen LogP contribution in [0.15, 0.2) is 22.8 Å². The lowest BCUT2D eigenvalue weighted by Gasteiger charge is -2.13. The number of halogens is 2. The van der Waals surface area contributed by atoms with Gasteiger partial charge in [0.25, 0.3) is 0 Å². The molecule has 0 amide bonds. The highest BCUT2D eigenvalue weighted by atomic mass is 35.5. The monoisotopic (exact) mass is 374 g/mol. The zero-order valence-electron chi connectivity index (χ0n) is 13.7. The normalized spacial score (nSPS) is 14.0. The fourth-order valence-corrected chi connectivity index (χ4v) is 2.21.